The molecule has 3 N–H and O–H groups in total. The van der Waals surface area contributed by atoms with Crippen molar-refractivity contribution in [2.75, 3.05) is 69.3 Å². The van der Waals surface area contributed by atoms with E-state index in [2.05, 4.69) is 50.8 Å². The second-order valence-electron chi connectivity index (χ2n) is 16.4. The van der Waals surface area contributed by atoms with Crippen molar-refractivity contribution in [3.05, 3.63) is 123 Å². The van der Waals surface area contributed by atoms with Crippen LogP contribution in [0, 0.1) is 16.0 Å². The number of benzene rings is 4. The van der Waals surface area contributed by atoms with Crippen molar-refractivity contribution in [3.63, 3.8) is 0 Å². The first-order valence-corrected chi connectivity index (χ1v) is 22.3. The first-order chi connectivity index (χ1) is 29.3. The van der Waals surface area contributed by atoms with E-state index in [1.807, 2.05) is 36.5 Å². The zero-order valence-corrected chi connectivity index (χ0v) is 35.7. The maximum atomic E-state index is 13.9. The number of sulfonamides is 1. The molecule has 0 unspecified atom stereocenters. The molecule has 3 aliphatic rings. The number of carbonyl (C=O) groups excluding carboxylic acids is 1. The van der Waals surface area contributed by atoms with Crippen molar-refractivity contribution in [1.29, 1.82) is 0 Å². The largest absolute Gasteiger partial charge is 0.456 e. The molecule has 14 nitrogen and oxygen atoms in total. The molecular formula is C45H49ClN6O8S. The molecule has 1 amide bonds. The van der Waals surface area contributed by atoms with Crippen LogP contribution in [-0.4, -0.2) is 93.8 Å². The number of H-pyrrole nitrogens is 1. The molecule has 0 spiro atoms. The number of anilines is 2. The molecule has 0 aliphatic carbocycles. The average Bonchev–Trinajstić information content (AvgIpc) is 3.72. The van der Waals surface area contributed by atoms with E-state index in [0.29, 0.717) is 50.2 Å². The van der Waals surface area contributed by atoms with Crippen LogP contribution >= 0.6 is 11.6 Å². The minimum atomic E-state index is -4.55. The molecule has 4 heterocycles. The van der Waals surface area contributed by atoms with Crippen LogP contribution in [0.15, 0.2) is 102 Å². The Kier molecular flexibility index (Phi) is 12.4. The van der Waals surface area contributed by atoms with Crippen LogP contribution in [0.4, 0.5) is 17.1 Å². The van der Waals surface area contributed by atoms with Gasteiger partial charge in [-0.05, 0) is 110 Å². The highest BCUT2D eigenvalue weighted by Crippen LogP contribution is 2.37. The highest BCUT2D eigenvalue weighted by atomic mass is 35.5. The number of nitro benzene ring substituents is 1. The van der Waals surface area contributed by atoms with E-state index in [9.17, 15) is 23.3 Å². The van der Waals surface area contributed by atoms with Crippen molar-refractivity contribution < 1.29 is 32.3 Å². The molecule has 5 aromatic rings. The smallest absolute Gasteiger partial charge is 0.293 e. The first kappa shape index (κ1) is 42.2. The van der Waals surface area contributed by atoms with Gasteiger partial charge in [-0.3, -0.25) is 19.8 Å². The van der Waals surface area contributed by atoms with Crippen LogP contribution in [0.1, 0.15) is 49.0 Å². The highest BCUT2D eigenvalue weighted by molar-refractivity contribution is 7.90. The Morgan fingerprint density at radius 2 is 1.75 bits per heavy atom. The number of piperazine rings is 1. The number of ether oxygens (including phenoxy) is 3. The lowest BCUT2D eigenvalue weighted by Crippen LogP contribution is -2.47. The molecule has 2 saturated heterocycles. The summed E-state index contributed by atoms with van der Waals surface area (Å²) in [7, 11) is -4.55. The predicted molar refractivity (Wildman–Crippen MR) is 236 cm³/mol. The van der Waals surface area contributed by atoms with Gasteiger partial charge in [-0.25, -0.2) is 13.1 Å². The number of rotatable bonds is 13. The summed E-state index contributed by atoms with van der Waals surface area (Å²) in [6, 6.07) is 24.0. The van der Waals surface area contributed by atoms with Crippen molar-refractivity contribution in [2.24, 2.45) is 5.92 Å². The second kappa shape index (κ2) is 17.9. The first-order valence-electron chi connectivity index (χ1n) is 20.4. The molecule has 0 radical (unpaired) electrons. The van der Waals surface area contributed by atoms with Gasteiger partial charge in [-0.15, -0.1) is 0 Å². The summed E-state index contributed by atoms with van der Waals surface area (Å²) in [5.41, 5.74) is 4.90. The summed E-state index contributed by atoms with van der Waals surface area (Å²) in [5.74, 6) is -0.0639. The summed E-state index contributed by atoms with van der Waals surface area (Å²) in [6.45, 7) is 10.2. The lowest BCUT2D eigenvalue weighted by molar-refractivity contribution is -0.384. The van der Waals surface area contributed by atoms with E-state index in [-0.39, 0.29) is 28.5 Å². The van der Waals surface area contributed by atoms with E-state index in [4.69, 9.17) is 25.8 Å². The number of nitrogens with one attached hydrogen (secondary N) is 3. The molecular weight excluding hydrogens is 820 g/mol. The molecule has 3 aliphatic heterocycles. The quantitative estimate of drug-likeness (QED) is 0.0770. The Morgan fingerprint density at radius 3 is 2.51 bits per heavy atom. The Labute approximate surface area is 360 Å². The monoisotopic (exact) mass is 868 g/mol. The maximum absolute atomic E-state index is 13.9. The molecule has 0 saturated carbocycles. The maximum Gasteiger partial charge on any atom is 0.293 e. The van der Waals surface area contributed by atoms with Gasteiger partial charge >= 0.3 is 0 Å². The van der Waals surface area contributed by atoms with E-state index in [1.165, 1.54) is 23.3 Å². The molecule has 61 heavy (non-hydrogen) atoms. The minimum absolute atomic E-state index is 0.0220. The Hall–Kier alpha value is -5.45. The Bertz CT molecular complexity index is 2560. The van der Waals surface area contributed by atoms with Crippen molar-refractivity contribution >= 4 is 61.1 Å². The molecule has 0 bridgehead atoms. The Morgan fingerprint density at radius 1 is 0.984 bits per heavy atom. The van der Waals surface area contributed by atoms with Crippen LogP contribution in [0.5, 0.6) is 11.5 Å². The predicted octanol–water partition coefficient (Wildman–Crippen LogP) is 8.25. The number of hydrogen-bond donors (Lipinski definition) is 3. The van der Waals surface area contributed by atoms with E-state index >= 15 is 0 Å². The third kappa shape index (κ3) is 10.0. The standard InChI is InChI=1S/C45H49ClN6O8S/c1-45(2)26-39(31-3-5-34(46)6-4-31)33(29-59-45)28-50-17-19-51(20-18-50)35-7-10-38(43(24-35)60-36-8-11-40-32(23-36)13-16-47-40)44(53)49-61(56,57)37-9-12-41(42(25-37)52(54)55)48-27-30-14-21-58-22-15-30/h3-13,16,23-25,30,47-48H,14-15,17-22,26-29H2,1-2H3,(H,49,53). The summed E-state index contributed by atoms with van der Waals surface area (Å²) < 4.78 is 47.5. The van der Waals surface area contributed by atoms with Crippen LogP contribution in [-0.2, 0) is 19.5 Å². The molecule has 1 aromatic heterocycles. The van der Waals surface area contributed by atoms with Crippen molar-refractivity contribution in [3.8, 4) is 11.5 Å². The van der Waals surface area contributed by atoms with Gasteiger partial charge in [0.25, 0.3) is 21.6 Å². The number of amides is 1. The van der Waals surface area contributed by atoms with Crippen LogP contribution in [0.3, 0.4) is 0 Å². The third-order valence-corrected chi connectivity index (χ3v) is 13.2. The molecule has 320 valence electrons. The number of hydrogen-bond acceptors (Lipinski definition) is 11. The lowest BCUT2D eigenvalue weighted by Gasteiger charge is -2.39. The molecule has 4 aromatic carbocycles. The fraction of sp³-hybridized carbons (Fsp3) is 0.356. The molecule has 16 heteroatoms. The van der Waals surface area contributed by atoms with Crippen LogP contribution in [0.2, 0.25) is 5.02 Å². The zero-order valence-electron chi connectivity index (χ0n) is 34.1. The fourth-order valence-corrected chi connectivity index (χ4v) is 9.24. The SMILES string of the molecule is CC1(C)CC(c2ccc(Cl)cc2)=C(CN2CCN(c3ccc(C(=O)NS(=O)(=O)c4ccc(NCC5CCOCC5)c([N+](=O)[O-])c4)c(Oc4ccc5[nH]ccc5c4)c3)CC2)CO1. The third-order valence-electron chi connectivity index (χ3n) is 11.6. The number of nitrogens with zero attached hydrogens (tertiary/aromatic N) is 3. The fourth-order valence-electron chi connectivity index (χ4n) is 8.13. The minimum Gasteiger partial charge on any atom is -0.456 e. The van der Waals surface area contributed by atoms with Crippen molar-refractivity contribution in [2.45, 2.75) is 43.6 Å². The van der Waals surface area contributed by atoms with Crippen LogP contribution in [0.25, 0.3) is 16.5 Å². The van der Waals surface area contributed by atoms with Gasteiger partial charge in [-0.1, -0.05) is 23.7 Å². The molecule has 2 fully saturated rings. The lowest BCUT2D eigenvalue weighted by atomic mass is 9.87. The van der Waals surface area contributed by atoms with Gasteiger partial charge in [-0.2, -0.15) is 0 Å². The van der Waals surface area contributed by atoms with Gasteiger partial charge in [0.05, 0.1) is 27.6 Å². The number of aromatic nitrogens is 1. The number of carbonyl (C=O) groups is 1. The summed E-state index contributed by atoms with van der Waals surface area (Å²) in [4.78, 5) is 32.7. The molecule has 8 rings (SSSR count). The van der Waals surface area contributed by atoms with Crippen LogP contribution < -0.4 is 19.7 Å². The number of fused-ring (bicyclic) bond motifs is 1. The van der Waals surface area contributed by atoms with Crippen molar-refractivity contribution in [1.82, 2.24) is 14.6 Å². The molecule has 0 atom stereocenters. The van der Waals surface area contributed by atoms with Gasteiger partial charge < -0.3 is 29.4 Å². The summed E-state index contributed by atoms with van der Waals surface area (Å²) >= 11 is 6.22. The topological polar surface area (TPSA) is 168 Å². The number of nitro groups is 1. The summed E-state index contributed by atoms with van der Waals surface area (Å²) in [6.07, 6.45) is 4.26. The Balaban J connectivity index is 1.00. The normalized spacial score (nSPS) is 17.7. The zero-order chi connectivity index (χ0) is 42.7. The average molecular weight is 869 g/mol. The van der Waals surface area contributed by atoms with Gasteiger partial charge in [0, 0.05) is 98.8 Å². The second-order valence-corrected chi connectivity index (χ2v) is 18.5. The van der Waals surface area contributed by atoms with E-state index < -0.39 is 31.4 Å². The number of halogens is 1. The van der Waals surface area contributed by atoms with Gasteiger partial charge in [0.15, 0.2) is 0 Å². The van der Waals surface area contributed by atoms with Gasteiger partial charge in [0.2, 0.25) is 0 Å². The van der Waals surface area contributed by atoms with Gasteiger partial charge in [0.1, 0.15) is 17.2 Å². The van der Waals surface area contributed by atoms with E-state index in [0.717, 1.165) is 67.1 Å². The number of aromatic amines is 1. The highest BCUT2D eigenvalue weighted by Gasteiger charge is 2.31. The van der Waals surface area contributed by atoms with E-state index in [1.54, 1.807) is 24.3 Å². The summed E-state index contributed by atoms with van der Waals surface area (Å²) in [5, 5.41) is 16.8.